The van der Waals surface area contributed by atoms with Gasteiger partial charge in [0.15, 0.2) is 0 Å². The molecule has 2 aromatic rings. The molecular formula is C14H17N3O. The van der Waals surface area contributed by atoms with E-state index >= 15 is 0 Å². The molecule has 2 N–H and O–H groups in total. The summed E-state index contributed by atoms with van der Waals surface area (Å²) in [5.74, 6) is 0.0645. The van der Waals surface area contributed by atoms with Crippen LogP contribution in [0.25, 0.3) is 0 Å². The van der Waals surface area contributed by atoms with Crippen LogP contribution in [0.2, 0.25) is 0 Å². The van der Waals surface area contributed by atoms with Gasteiger partial charge in [0.1, 0.15) is 6.33 Å². The number of hydrogen-bond acceptors (Lipinski definition) is 3. The second-order valence-corrected chi connectivity index (χ2v) is 4.19. The fourth-order valence-electron chi connectivity index (χ4n) is 1.80. The van der Waals surface area contributed by atoms with Gasteiger partial charge in [-0.3, -0.25) is 9.36 Å². The van der Waals surface area contributed by atoms with E-state index in [2.05, 4.69) is 4.98 Å². The van der Waals surface area contributed by atoms with Crippen molar-refractivity contribution in [3.8, 4) is 0 Å². The van der Waals surface area contributed by atoms with Gasteiger partial charge in [-0.2, -0.15) is 0 Å². The van der Waals surface area contributed by atoms with Crippen LogP contribution in [0.3, 0.4) is 0 Å². The Hall–Kier alpha value is -1.94. The number of aromatic nitrogens is 2. The predicted molar refractivity (Wildman–Crippen MR) is 70.4 cm³/mol. The summed E-state index contributed by atoms with van der Waals surface area (Å²) in [5.41, 5.74) is 7.49. The van der Waals surface area contributed by atoms with Crippen molar-refractivity contribution in [1.82, 2.24) is 9.55 Å². The Kier molecular flexibility index (Phi) is 4.25. The van der Waals surface area contributed by atoms with Crippen molar-refractivity contribution < 1.29 is 4.79 Å². The number of aryl methyl sites for hydroxylation is 1. The standard InChI is InChI=1S/C14H17N3O/c15-9-8-13-10-17(11-16-13)14(18)7-6-12-4-2-1-3-5-12/h1-5,10-11H,6-9,15H2. The monoisotopic (exact) mass is 243 g/mol. The number of carbonyl (C=O) groups is 1. The average molecular weight is 243 g/mol. The number of rotatable bonds is 5. The van der Waals surface area contributed by atoms with Crippen LogP contribution in [0, 0.1) is 0 Å². The highest BCUT2D eigenvalue weighted by Crippen LogP contribution is 2.05. The lowest BCUT2D eigenvalue weighted by Crippen LogP contribution is -2.09. The molecule has 1 aromatic heterocycles. The highest BCUT2D eigenvalue weighted by atomic mass is 16.2. The topological polar surface area (TPSA) is 60.9 Å². The lowest BCUT2D eigenvalue weighted by Gasteiger charge is -2.01. The van der Waals surface area contributed by atoms with Crippen molar-refractivity contribution in [2.75, 3.05) is 6.54 Å². The molecule has 2 rings (SSSR count). The van der Waals surface area contributed by atoms with Crippen molar-refractivity contribution in [1.29, 1.82) is 0 Å². The molecule has 0 radical (unpaired) electrons. The van der Waals surface area contributed by atoms with E-state index in [1.165, 1.54) is 5.56 Å². The van der Waals surface area contributed by atoms with E-state index in [-0.39, 0.29) is 5.91 Å². The van der Waals surface area contributed by atoms with Crippen molar-refractivity contribution in [3.05, 3.63) is 54.1 Å². The first kappa shape index (κ1) is 12.5. The maximum Gasteiger partial charge on any atom is 0.232 e. The van der Waals surface area contributed by atoms with Gasteiger partial charge in [-0.1, -0.05) is 30.3 Å². The van der Waals surface area contributed by atoms with Gasteiger partial charge in [-0.15, -0.1) is 0 Å². The molecule has 18 heavy (non-hydrogen) atoms. The molecule has 4 heteroatoms. The lowest BCUT2D eigenvalue weighted by atomic mass is 10.1. The smallest absolute Gasteiger partial charge is 0.232 e. The quantitative estimate of drug-likeness (QED) is 0.868. The van der Waals surface area contributed by atoms with E-state index in [4.69, 9.17) is 5.73 Å². The summed E-state index contributed by atoms with van der Waals surface area (Å²) in [6.07, 6.45) is 5.28. The van der Waals surface area contributed by atoms with Crippen molar-refractivity contribution in [2.45, 2.75) is 19.3 Å². The first-order chi connectivity index (χ1) is 8.79. The van der Waals surface area contributed by atoms with E-state index < -0.39 is 0 Å². The minimum absolute atomic E-state index is 0.0645. The maximum atomic E-state index is 11.9. The molecule has 0 unspecified atom stereocenters. The number of nitrogens with zero attached hydrogens (tertiary/aromatic N) is 2. The molecule has 1 heterocycles. The van der Waals surface area contributed by atoms with Crippen molar-refractivity contribution in [2.24, 2.45) is 5.73 Å². The fourth-order valence-corrected chi connectivity index (χ4v) is 1.80. The van der Waals surface area contributed by atoms with Gasteiger partial charge >= 0.3 is 0 Å². The summed E-state index contributed by atoms with van der Waals surface area (Å²) < 4.78 is 1.55. The highest BCUT2D eigenvalue weighted by molar-refractivity contribution is 5.78. The van der Waals surface area contributed by atoms with E-state index in [0.29, 0.717) is 19.4 Å². The van der Waals surface area contributed by atoms with Crippen LogP contribution in [0.4, 0.5) is 0 Å². The van der Waals surface area contributed by atoms with Crippen LogP contribution >= 0.6 is 0 Å². The molecular weight excluding hydrogens is 226 g/mol. The Morgan fingerprint density at radius 2 is 2.00 bits per heavy atom. The average Bonchev–Trinajstić information content (AvgIpc) is 2.86. The summed E-state index contributed by atoms with van der Waals surface area (Å²) in [7, 11) is 0. The molecule has 0 bridgehead atoms. The number of carbonyl (C=O) groups excluding carboxylic acids is 1. The third-order valence-electron chi connectivity index (χ3n) is 2.79. The molecule has 0 aliphatic carbocycles. The zero-order chi connectivity index (χ0) is 12.8. The first-order valence-corrected chi connectivity index (χ1v) is 6.09. The van der Waals surface area contributed by atoms with Gasteiger partial charge in [-0.25, -0.2) is 4.98 Å². The summed E-state index contributed by atoms with van der Waals surface area (Å²) in [5, 5.41) is 0. The van der Waals surface area contributed by atoms with Gasteiger partial charge < -0.3 is 5.73 Å². The van der Waals surface area contributed by atoms with Crippen LogP contribution < -0.4 is 5.73 Å². The van der Waals surface area contributed by atoms with Crippen LogP contribution in [0.15, 0.2) is 42.9 Å². The highest BCUT2D eigenvalue weighted by Gasteiger charge is 2.06. The van der Waals surface area contributed by atoms with Gasteiger partial charge in [0, 0.05) is 19.0 Å². The second-order valence-electron chi connectivity index (χ2n) is 4.19. The van der Waals surface area contributed by atoms with Crippen LogP contribution in [0.1, 0.15) is 22.5 Å². The molecule has 0 fully saturated rings. The van der Waals surface area contributed by atoms with Crippen molar-refractivity contribution >= 4 is 5.91 Å². The zero-order valence-electron chi connectivity index (χ0n) is 10.2. The van der Waals surface area contributed by atoms with Gasteiger partial charge in [0.05, 0.1) is 5.69 Å². The SMILES string of the molecule is NCCc1cn(C(=O)CCc2ccccc2)cn1. The van der Waals surface area contributed by atoms with Gasteiger partial charge in [0.25, 0.3) is 0 Å². The van der Waals surface area contributed by atoms with E-state index in [9.17, 15) is 4.79 Å². The molecule has 0 aliphatic rings. The fraction of sp³-hybridized carbons (Fsp3) is 0.286. The third kappa shape index (κ3) is 3.28. The summed E-state index contributed by atoms with van der Waals surface area (Å²) in [4.78, 5) is 16.1. The minimum Gasteiger partial charge on any atom is -0.330 e. The number of nitrogens with two attached hydrogens (primary N) is 1. The number of imidazole rings is 1. The van der Waals surface area contributed by atoms with E-state index in [1.54, 1.807) is 17.1 Å². The Balaban J connectivity index is 1.91. The first-order valence-electron chi connectivity index (χ1n) is 6.09. The second kappa shape index (κ2) is 6.12. The molecule has 0 amide bonds. The Morgan fingerprint density at radius 3 is 2.72 bits per heavy atom. The molecule has 0 atom stereocenters. The Labute approximate surface area is 106 Å². The molecule has 0 spiro atoms. The normalized spacial score (nSPS) is 10.5. The molecule has 4 nitrogen and oxygen atoms in total. The minimum atomic E-state index is 0.0645. The van der Waals surface area contributed by atoms with Crippen LogP contribution in [-0.4, -0.2) is 22.0 Å². The van der Waals surface area contributed by atoms with Gasteiger partial charge in [0.2, 0.25) is 5.91 Å². The summed E-state index contributed by atoms with van der Waals surface area (Å²) >= 11 is 0. The number of benzene rings is 1. The van der Waals surface area contributed by atoms with E-state index in [1.807, 2.05) is 30.3 Å². The molecule has 0 saturated carbocycles. The molecule has 1 aromatic carbocycles. The number of hydrogen-bond donors (Lipinski definition) is 1. The van der Waals surface area contributed by atoms with E-state index in [0.717, 1.165) is 12.1 Å². The summed E-state index contributed by atoms with van der Waals surface area (Å²) in [6, 6.07) is 10.00. The van der Waals surface area contributed by atoms with Crippen LogP contribution in [0.5, 0.6) is 0 Å². The Bertz CT molecular complexity index is 505. The van der Waals surface area contributed by atoms with Crippen molar-refractivity contribution in [3.63, 3.8) is 0 Å². The maximum absolute atomic E-state index is 11.9. The van der Waals surface area contributed by atoms with Crippen LogP contribution in [-0.2, 0) is 12.8 Å². The predicted octanol–water partition coefficient (Wildman–Crippen LogP) is 1.66. The van der Waals surface area contributed by atoms with Gasteiger partial charge in [-0.05, 0) is 18.5 Å². The zero-order valence-corrected chi connectivity index (χ0v) is 10.2. The largest absolute Gasteiger partial charge is 0.330 e. The Morgan fingerprint density at radius 1 is 1.22 bits per heavy atom. The lowest BCUT2D eigenvalue weighted by molar-refractivity contribution is 0.0902. The molecule has 0 aliphatic heterocycles. The third-order valence-corrected chi connectivity index (χ3v) is 2.79. The molecule has 0 saturated heterocycles. The summed E-state index contributed by atoms with van der Waals surface area (Å²) in [6.45, 7) is 0.551. The molecule has 94 valence electrons.